The molecule has 2 aliphatic heterocycles. The van der Waals surface area contributed by atoms with Crippen molar-refractivity contribution in [1.82, 2.24) is 4.90 Å². The SMILES string of the molecule is O=C1C[C@H]2CC[C@@H](C1)N2CCCO. The van der Waals surface area contributed by atoms with Gasteiger partial charge in [0, 0.05) is 38.1 Å². The van der Waals surface area contributed by atoms with Crippen LogP contribution in [0.1, 0.15) is 32.1 Å². The van der Waals surface area contributed by atoms with E-state index in [0.29, 0.717) is 17.9 Å². The van der Waals surface area contributed by atoms with Gasteiger partial charge >= 0.3 is 0 Å². The second-order valence-corrected chi connectivity index (χ2v) is 4.15. The van der Waals surface area contributed by atoms with Crippen molar-refractivity contribution < 1.29 is 9.90 Å². The summed E-state index contributed by atoms with van der Waals surface area (Å²) in [6.45, 7) is 1.24. The smallest absolute Gasteiger partial charge is 0.136 e. The van der Waals surface area contributed by atoms with Crippen LogP contribution in [0.4, 0.5) is 0 Å². The van der Waals surface area contributed by atoms with Crippen molar-refractivity contribution in [3.63, 3.8) is 0 Å². The highest BCUT2D eigenvalue weighted by atomic mass is 16.3. The summed E-state index contributed by atoms with van der Waals surface area (Å²) >= 11 is 0. The number of carbonyl (C=O) groups is 1. The third-order valence-corrected chi connectivity index (χ3v) is 3.27. The van der Waals surface area contributed by atoms with Crippen molar-refractivity contribution >= 4 is 5.78 Å². The van der Waals surface area contributed by atoms with Crippen LogP contribution < -0.4 is 0 Å². The van der Waals surface area contributed by atoms with E-state index in [1.54, 1.807) is 0 Å². The molecule has 2 aliphatic rings. The van der Waals surface area contributed by atoms with Crippen LogP contribution in [0.3, 0.4) is 0 Å². The fourth-order valence-corrected chi connectivity index (χ4v) is 2.68. The zero-order valence-corrected chi connectivity index (χ0v) is 7.91. The maximum absolute atomic E-state index is 11.3. The number of fused-ring (bicyclic) bond motifs is 2. The molecule has 0 aromatic heterocycles. The highest BCUT2D eigenvalue weighted by Gasteiger charge is 2.39. The van der Waals surface area contributed by atoms with Crippen LogP contribution in [0.15, 0.2) is 0 Å². The molecule has 13 heavy (non-hydrogen) atoms. The maximum atomic E-state index is 11.3. The lowest BCUT2D eigenvalue weighted by Gasteiger charge is -2.33. The van der Waals surface area contributed by atoms with Gasteiger partial charge in [0.25, 0.3) is 0 Å². The molecule has 0 radical (unpaired) electrons. The van der Waals surface area contributed by atoms with Crippen molar-refractivity contribution in [3.8, 4) is 0 Å². The van der Waals surface area contributed by atoms with E-state index in [0.717, 1.165) is 25.8 Å². The minimum absolute atomic E-state index is 0.268. The number of rotatable bonds is 3. The fraction of sp³-hybridized carbons (Fsp3) is 0.900. The molecule has 74 valence electrons. The molecule has 0 amide bonds. The van der Waals surface area contributed by atoms with Gasteiger partial charge in [-0.25, -0.2) is 0 Å². The monoisotopic (exact) mass is 183 g/mol. The lowest BCUT2D eigenvalue weighted by Crippen LogP contribution is -2.43. The molecule has 0 spiro atoms. The van der Waals surface area contributed by atoms with Crippen LogP contribution in [-0.2, 0) is 4.79 Å². The minimum Gasteiger partial charge on any atom is -0.396 e. The van der Waals surface area contributed by atoms with E-state index in [1.807, 2.05) is 0 Å². The zero-order valence-electron chi connectivity index (χ0n) is 7.91. The van der Waals surface area contributed by atoms with Gasteiger partial charge < -0.3 is 5.11 Å². The molecule has 2 bridgehead atoms. The first-order valence-corrected chi connectivity index (χ1v) is 5.19. The second kappa shape index (κ2) is 3.76. The number of aliphatic hydroxyl groups excluding tert-OH is 1. The average Bonchev–Trinajstić information content (AvgIpc) is 2.33. The number of carbonyl (C=O) groups excluding carboxylic acids is 1. The lowest BCUT2D eigenvalue weighted by atomic mass is 10.0. The maximum Gasteiger partial charge on any atom is 0.136 e. The molecule has 0 unspecified atom stereocenters. The highest BCUT2D eigenvalue weighted by molar-refractivity contribution is 5.80. The zero-order chi connectivity index (χ0) is 9.26. The first-order valence-electron chi connectivity index (χ1n) is 5.19. The van der Waals surface area contributed by atoms with Gasteiger partial charge in [-0.15, -0.1) is 0 Å². The number of hydrogen-bond donors (Lipinski definition) is 1. The third kappa shape index (κ3) is 1.76. The summed E-state index contributed by atoms with van der Waals surface area (Å²) in [5.74, 6) is 0.438. The van der Waals surface area contributed by atoms with E-state index in [2.05, 4.69) is 4.90 Å². The van der Waals surface area contributed by atoms with Crippen molar-refractivity contribution in [2.75, 3.05) is 13.2 Å². The van der Waals surface area contributed by atoms with Crippen molar-refractivity contribution in [1.29, 1.82) is 0 Å². The Morgan fingerprint density at radius 1 is 1.31 bits per heavy atom. The predicted octanol–water partition coefficient (Wildman–Crippen LogP) is 0.565. The number of aliphatic hydroxyl groups is 1. The number of hydrogen-bond acceptors (Lipinski definition) is 3. The Labute approximate surface area is 78.7 Å². The van der Waals surface area contributed by atoms with Gasteiger partial charge in [-0.05, 0) is 19.3 Å². The Morgan fingerprint density at radius 2 is 1.92 bits per heavy atom. The van der Waals surface area contributed by atoms with Gasteiger partial charge in [0.1, 0.15) is 5.78 Å². The van der Waals surface area contributed by atoms with Gasteiger partial charge in [-0.2, -0.15) is 0 Å². The molecule has 2 fully saturated rings. The van der Waals surface area contributed by atoms with Crippen LogP contribution in [0.5, 0.6) is 0 Å². The minimum atomic E-state index is 0.268. The fourth-order valence-electron chi connectivity index (χ4n) is 2.68. The summed E-state index contributed by atoms with van der Waals surface area (Å²) in [5, 5.41) is 8.75. The molecule has 2 heterocycles. The molecule has 0 saturated carbocycles. The predicted molar refractivity (Wildman–Crippen MR) is 49.5 cm³/mol. The first kappa shape index (κ1) is 9.16. The highest BCUT2D eigenvalue weighted by Crippen LogP contribution is 2.33. The number of piperidine rings is 1. The Bertz CT molecular complexity index is 189. The van der Waals surface area contributed by atoms with E-state index >= 15 is 0 Å². The van der Waals surface area contributed by atoms with E-state index in [-0.39, 0.29) is 6.61 Å². The van der Waals surface area contributed by atoms with E-state index in [1.165, 1.54) is 12.8 Å². The molecule has 3 nitrogen and oxygen atoms in total. The molecule has 1 N–H and O–H groups in total. The van der Waals surface area contributed by atoms with Gasteiger partial charge in [-0.3, -0.25) is 9.69 Å². The van der Waals surface area contributed by atoms with Crippen LogP contribution in [0, 0.1) is 0 Å². The average molecular weight is 183 g/mol. The summed E-state index contributed by atoms with van der Waals surface area (Å²) in [4.78, 5) is 13.7. The molecule has 3 heteroatoms. The first-order chi connectivity index (χ1) is 6.31. The Kier molecular flexibility index (Phi) is 2.65. The summed E-state index contributed by atoms with van der Waals surface area (Å²) < 4.78 is 0. The summed E-state index contributed by atoms with van der Waals surface area (Å²) in [5.41, 5.74) is 0. The van der Waals surface area contributed by atoms with Crippen LogP contribution in [0.2, 0.25) is 0 Å². The molecule has 0 aromatic carbocycles. The standard InChI is InChI=1S/C10H17NO2/c12-5-1-4-11-8-2-3-9(11)7-10(13)6-8/h8-9,12H,1-7H2/t8-,9+. The van der Waals surface area contributed by atoms with E-state index < -0.39 is 0 Å². The normalized spacial score (nSPS) is 34.1. The topological polar surface area (TPSA) is 40.5 Å². The molecule has 0 aromatic rings. The Morgan fingerprint density at radius 3 is 2.46 bits per heavy atom. The lowest BCUT2D eigenvalue weighted by molar-refractivity contribution is -0.123. The van der Waals surface area contributed by atoms with Gasteiger partial charge in [0.2, 0.25) is 0 Å². The quantitative estimate of drug-likeness (QED) is 0.695. The largest absolute Gasteiger partial charge is 0.396 e. The molecule has 2 atom stereocenters. The van der Waals surface area contributed by atoms with Crippen LogP contribution >= 0.6 is 0 Å². The summed E-state index contributed by atoms with van der Waals surface area (Å²) in [6, 6.07) is 0.996. The Balaban J connectivity index is 1.94. The van der Waals surface area contributed by atoms with Crippen molar-refractivity contribution in [3.05, 3.63) is 0 Å². The third-order valence-electron chi connectivity index (χ3n) is 3.27. The van der Waals surface area contributed by atoms with Gasteiger partial charge in [0.05, 0.1) is 0 Å². The number of ketones is 1. The number of nitrogens with zero attached hydrogens (tertiary/aromatic N) is 1. The van der Waals surface area contributed by atoms with Crippen molar-refractivity contribution in [2.24, 2.45) is 0 Å². The molecule has 0 aliphatic carbocycles. The summed E-state index contributed by atoms with van der Waals surface area (Å²) in [7, 11) is 0. The second-order valence-electron chi connectivity index (χ2n) is 4.15. The van der Waals surface area contributed by atoms with Crippen molar-refractivity contribution in [2.45, 2.75) is 44.2 Å². The molecular formula is C10H17NO2. The Hall–Kier alpha value is -0.410. The van der Waals surface area contributed by atoms with E-state index in [4.69, 9.17) is 5.11 Å². The number of Topliss-reactive ketones (excluding diaryl/α,β-unsaturated/α-hetero) is 1. The van der Waals surface area contributed by atoms with Crippen LogP contribution in [0.25, 0.3) is 0 Å². The van der Waals surface area contributed by atoms with Gasteiger partial charge in [0.15, 0.2) is 0 Å². The van der Waals surface area contributed by atoms with Crippen LogP contribution in [-0.4, -0.2) is 41.0 Å². The van der Waals surface area contributed by atoms with Gasteiger partial charge in [-0.1, -0.05) is 0 Å². The summed E-state index contributed by atoms with van der Waals surface area (Å²) in [6.07, 6.45) is 4.72. The molecular weight excluding hydrogens is 166 g/mol. The van der Waals surface area contributed by atoms with E-state index in [9.17, 15) is 4.79 Å². The molecule has 2 saturated heterocycles. The molecule has 2 rings (SSSR count).